The lowest BCUT2D eigenvalue weighted by molar-refractivity contribution is -0.123. The number of amides is 2. The second-order valence-electron chi connectivity index (χ2n) is 8.06. The second-order valence-corrected chi connectivity index (χ2v) is 8.06. The molecule has 3 rings (SSSR count). The summed E-state index contributed by atoms with van der Waals surface area (Å²) in [7, 11) is 0. The Morgan fingerprint density at radius 2 is 1.89 bits per heavy atom. The lowest BCUT2D eigenvalue weighted by Crippen LogP contribution is -2.46. The Labute approximate surface area is 174 Å². The van der Waals surface area contributed by atoms with E-state index < -0.39 is 0 Å². The molecule has 6 nitrogen and oxygen atoms in total. The smallest absolute Gasteiger partial charge is 0.238 e. The number of piperidine rings is 1. The van der Waals surface area contributed by atoms with Crippen molar-refractivity contribution >= 4 is 29.9 Å². The minimum absolute atomic E-state index is 0. The Bertz CT molecular complexity index is 656. The molecule has 2 aliphatic rings. The van der Waals surface area contributed by atoms with E-state index >= 15 is 0 Å². The summed E-state index contributed by atoms with van der Waals surface area (Å²) in [5.41, 5.74) is 3.16. The van der Waals surface area contributed by atoms with Gasteiger partial charge in [-0.25, -0.2) is 0 Å². The van der Waals surface area contributed by atoms with Crippen LogP contribution in [0.5, 0.6) is 0 Å². The van der Waals surface area contributed by atoms with Gasteiger partial charge in [-0.05, 0) is 81.8 Å². The molecule has 1 aromatic rings. The van der Waals surface area contributed by atoms with Gasteiger partial charge < -0.3 is 16.0 Å². The lowest BCUT2D eigenvalue weighted by Gasteiger charge is -2.32. The third-order valence-corrected chi connectivity index (χ3v) is 5.42. The molecule has 3 N–H and O–H groups in total. The van der Waals surface area contributed by atoms with Crippen molar-refractivity contribution < 1.29 is 9.59 Å². The summed E-state index contributed by atoms with van der Waals surface area (Å²) in [6, 6.07) is 6.07. The number of carbonyl (C=O) groups is 2. The first-order valence-corrected chi connectivity index (χ1v) is 10.1. The number of hydrogen-bond donors (Lipinski definition) is 3. The average Bonchev–Trinajstić information content (AvgIpc) is 3.13. The molecule has 0 radical (unpaired) electrons. The Hall–Kier alpha value is -1.63. The molecule has 2 fully saturated rings. The molecule has 7 heteroatoms. The molecule has 2 amide bonds. The molecular formula is C21H33ClN4O2. The van der Waals surface area contributed by atoms with Gasteiger partial charge in [0.25, 0.3) is 0 Å². The number of likely N-dealkylation sites (tertiary alicyclic amines) is 1. The summed E-state index contributed by atoms with van der Waals surface area (Å²) in [6.45, 7) is 7.91. The normalized spacial score (nSPS) is 22.4. The van der Waals surface area contributed by atoms with Gasteiger partial charge in [0, 0.05) is 18.8 Å². The molecule has 2 saturated heterocycles. The fourth-order valence-corrected chi connectivity index (χ4v) is 4.19. The van der Waals surface area contributed by atoms with Crippen molar-refractivity contribution in [2.75, 3.05) is 38.0 Å². The van der Waals surface area contributed by atoms with Gasteiger partial charge >= 0.3 is 0 Å². The van der Waals surface area contributed by atoms with Crippen LogP contribution >= 0.6 is 12.4 Å². The molecule has 2 unspecified atom stereocenters. The molecule has 0 spiro atoms. The Kier molecular flexibility index (Phi) is 8.73. The summed E-state index contributed by atoms with van der Waals surface area (Å²) < 4.78 is 0. The monoisotopic (exact) mass is 408 g/mol. The first kappa shape index (κ1) is 22.7. The van der Waals surface area contributed by atoms with Crippen molar-refractivity contribution in [2.45, 2.75) is 45.6 Å². The van der Waals surface area contributed by atoms with Gasteiger partial charge in [0.2, 0.25) is 11.8 Å². The van der Waals surface area contributed by atoms with Gasteiger partial charge in [-0.15, -0.1) is 12.4 Å². The highest BCUT2D eigenvalue weighted by atomic mass is 35.5. The standard InChI is InChI=1S/C21H32N4O2.ClH/c1-15-9-16(2)11-18(10-15)24-20(26)14-25-8-4-5-17(13-25)12-23-21(27)19-6-3-7-22-19;/h9-11,17,19,22H,3-8,12-14H2,1-2H3,(H,23,27)(H,24,26);1H. The third kappa shape index (κ3) is 6.76. The van der Waals surface area contributed by atoms with Gasteiger partial charge in [-0.1, -0.05) is 6.07 Å². The SMILES string of the molecule is Cc1cc(C)cc(NC(=O)CN2CCCC(CNC(=O)C3CCCN3)C2)c1.Cl. The summed E-state index contributed by atoms with van der Waals surface area (Å²) in [5, 5.41) is 9.34. The number of halogens is 1. The number of hydrogen-bond acceptors (Lipinski definition) is 4. The van der Waals surface area contributed by atoms with E-state index in [1.807, 2.05) is 26.0 Å². The zero-order chi connectivity index (χ0) is 19.2. The van der Waals surface area contributed by atoms with Crippen LogP contribution in [-0.2, 0) is 9.59 Å². The Morgan fingerprint density at radius 3 is 2.57 bits per heavy atom. The highest BCUT2D eigenvalue weighted by Gasteiger charge is 2.25. The van der Waals surface area contributed by atoms with Crippen LogP contribution in [0.1, 0.15) is 36.8 Å². The number of carbonyl (C=O) groups excluding carboxylic acids is 2. The molecule has 0 saturated carbocycles. The molecule has 2 aliphatic heterocycles. The lowest BCUT2D eigenvalue weighted by atomic mass is 9.98. The summed E-state index contributed by atoms with van der Waals surface area (Å²) in [4.78, 5) is 26.8. The predicted octanol–water partition coefficient (Wildman–Crippen LogP) is 2.24. The van der Waals surface area contributed by atoms with Crippen molar-refractivity contribution in [2.24, 2.45) is 5.92 Å². The predicted molar refractivity (Wildman–Crippen MR) is 115 cm³/mol. The van der Waals surface area contributed by atoms with E-state index in [1.165, 1.54) is 0 Å². The highest BCUT2D eigenvalue weighted by molar-refractivity contribution is 5.92. The number of anilines is 1. The van der Waals surface area contributed by atoms with Crippen LogP contribution in [0.25, 0.3) is 0 Å². The zero-order valence-corrected chi connectivity index (χ0v) is 17.7. The number of benzene rings is 1. The topological polar surface area (TPSA) is 73.5 Å². The van der Waals surface area contributed by atoms with E-state index in [0.717, 1.165) is 62.1 Å². The van der Waals surface area contributed by atoms with Gasteiger partial charge in [0.05, 0.1) is 12.6 Å². The second kappa shape index (κ2) is 10.8. The van der Waals surface area contributed by atoms with E-state index in [1.54, 1.807) is 0 Å². The van der Waals surface area contributed by atoms with Crippen LogP contribution in [0.15, 0.2) is 18.2 Å². The van der Waals surface area contributed by atoms with Crippen molar-refractivity contribution in [3.05, 3.63) is 29.3 Å². The molecule has 0 aromatic heterocycles. The first-order valence-electron chi connectivity index (χ1n) is 10.1. The van der Waals surface area contributed by atoms with Crippen molar-refractivity contribution in [1.82, 2.24) is 15.5 Å². The fraction of sp³-hybridized carbons (Fsp3) is 0.619. The maximum atomic E-state index is 12.4. The van der Waals surface area contributed by atoms with Crippen LogP contribution in [0.4, 0.5) is 5.69 Å². The molecule has 1 aromatic carbocycles. The zero-order valence-electron chi connectivity index (χ0n) is 16.9. The van der Waals surface area contributed by atoms with E-state index in [4.69, 9.17) is 0 Å². The van der Waals surface area contributed by atoms with Gasteiger partial charge in [-0.3, -0.25) is 14.5 Å². The molecule has 2 heterocycles. The average molecular weight is 409 g/mol. The van der Waals surface area contributed by atoms with Gasteiger partial charge in [0.15, 0.2) is 0 Å². The van der Waals surface area contributed by atoms with Crippen LogP contribution < -0.4 is 16.0 Å². The highest BCUT2D eigenvalue weighted by Crippen LogP contribution is 2.17. The van der Waals surface area contributed by atoms with Crippen molar-refractivity contribution in [1.29, 1.82) is 0 Å². The largest absolute Gasteiger partial charge is 0.354 e. The molecule has 0 aliphatic carbocycles. The van der Waals surface area contributed by atoms with Crippen molar-refractivity contribution in [3.63, 3.8) is 0 Å². The Morgan fingerprint density at radius 1 is 1.14 bits per heavy atom. The maximum absolute atomic E-state index is 12.4. The van der Waals surface area contributed by atoms with Crippen molar-refractivity contribution in [3.8, 4) is 0 Å². The summed E-state index contributed by atoms with van der Waals surface area (Å²) >= 11 is 0. The number of rotatable bonds is 6. The maximum Gasteiger partial charge on any atom is 0.238 e. The molecule has 0 bridgehead atoms. The Balaban J connectivity index is 0.00000280. The van der Waals surface area contributed by atoms with E-state index in [2.05, 4.69) is 26.9 Å². The minimum Gasteiger partial charge on any atom is -0.354 e. The van der Waals surface area contributed by atoms with Gasteiger partial charge in [-0.2, -0.15) is 0 Å². The van der Waals surface area contributed by atoms with E-state index in [-0.39, 0.29) is 30.3 Å². The van der Waals surface area contributed by atoms with Crippen LogP contribution in [0.2, 0.25) is 0 Å². The number of aryl methyl sites for hydroxylation is 2. The molecular weight excluding hydrogens is 376 g/mol. The first-order chi connectivity index (χ1) is 13.0. The number of nitrogens with zero attached hydrogens (tertiary/aromatic N) is 1. The quantitative estimate of drug-likeness (QED) is 0.675. The van der Waals surface area contributed by atoms with E-state index in [9.17, 15) is 9.59 Å². The molecule has 28 heavy (non-hydrogen) atoms. The number of nitrogens with one attached hydrogen (secondary N) is 3. The van der Waals surface area contributed by atoms with Crippen LogP contribution in [0.3, 0.4) is 0 Å². The third-order valence-electron chi connectivity index (χ3n) is 5.42. The van der Waals surface area contributed by atoms with Gasteiger partial charge in [0.1, 0.15) is 0 Å². The summed E-state index contributed by atoms with van der Waals surface area (Å²) in [5.74, 6) is 0.565. The minimum atomic E-state index is -0.0201. The molecule has 156 valence electrons. The van der Waals surface area contributed by atoms with Crippen LogP contribution in [0, 0.1) is 19.8 Å². The fourth-order valence-electron chi connectivity index (χ4n) is 4.19. The molecule has 2 atom stereocenters. The summed E-state index contributed by atoms with van der Waals surface area (Å²) in [6.07, 6.45) is 4.18. The van der Waals surface area contributed by atoms with E-state index in [0.29, 0.717) is 19.0 Å². The van der Waals surface area contributed by atoms with Crippen LogP contribution in [-0.4, -0.2) is 55.5 Å².